The van der Waals surface area contributed by atoms with Crippen molar-refractivity contribution in [2.45, 2.75) is 13.0 Å². The highest BCUT2D eigenvalue weighted by molar-refractivity contribution is 6.02. The molecule has 3 aromatic carbocycles. The molecule has 0 radical (unpaired) electrons. The molecule has 0 aliphatic carbocycles. The molecular formula is C30H27FN4O3. The summed E-state index contributed by atoms with van der Waals surface area (Å²) >= 11 is 0. The van der Waals surface area contributed by atoms with Gasteiger partial charge in [0.05, 0.1) is 11.4 Å². The van der Waals surface area contributed by atoms with Gasteiger partial charge in [0.1, 0.15) is 29.8 Å². The van der Waals surface area contributed by atoms with E-state index in [0.717, 1.165) is 11.3 Å². The van der Waals surface area contributed by atoms with Crippen LogP contribution in [0.1, 0.15) is 17.5 Å². The van der Waals surface area contributed by atoms with Gasteiger partial charge in [0, 0.05) is 43.1 Å². The van der Waals surface area contributed by atoms with Crippen molar-refractivity contribution in [1.29, 1.82) is 5.26 Å². The van der Waals surface area contributed by atoms with E-state index in [4.69, 9.17) is 14.6 Å². The number of methoxy groups -OCH3 is 1. The van der Waals surface area contributed by atoms with Gasteiger partial charge in [0.15, 0.2) is 0 Å². The lowest BCUT2D eigenvalue weighted by Gasteiger charge is -2.08. The van der Waals surface area contributed by atoms with Gasteiger partial charge in [0.2, 0.25) is 0 Å². The number of ether oxygens (including phenoxy) is 2. The highest BCUT2D eigenvalue weighted by Crippen LogP contribution is 2.28. The molecule has 0 aliphatic rings. The zero-order valence-electron chi connectivity index (χ0n) is 20.9. The molecule has 0 saturated carbocycles. The van der Waals surface area contributed by atoms with Crippen LogP contribution in [-0.4, -0.2) is 35.9 Å². The number of carbonyl (C=O) groups excluding carboxylic acids is 1. The Balaban J connectivity index is 1.60. The van der Waals surface area contributed by atoms with Gasteiger partial charge < -0.3 is 14.8 Å². The van der Waals surface area contributed by atoms with E-state index in [9.17, 15) is 14.4 Å². The average molecular weight is 511 g/mol. The predicted octanol–water partition coefficient (Wildman–Crippen LogP) is 5.32. The number of benzene rings is 3. The largest absolute Gasteiger partial charge is 0.489 e. The first-order chi connectivity index (χ1) is 18.6. The second-order valence-corrected chi connectivity index (χ2v) is 8.39. The van der Waals surface area contributed by atoms with Gasteiger partial charge in [-0.25, -0.2) is 9.07 Å². The second-order valence-electron chi connectivity index (χ2n) is 8.39. The minimum absolute atomic E-state index is 0.0267. The summed E-state index contributed by atoms with van der Waals surface area (Å²) in [6.45, 7) is 1.02. The highest BCUT2D eigenvalue weighted by Gasteiger charge is 2.15. The normalized spacial score (nSPS) is 11.1. The Morgan fingerprint density at radius 3 is 2.53 bits per heavy atom. The van der Waals surface area contributed by atoms with Gasteiger partial charge in [-0.05, 0) is 55.0 Å². The van der Waals surface area contributed by atoms with Crippen LogP contribution in [0.2, 0.25) is 0 Å². The number of hydrogen-bond donors (Lipinski definition) is 1. The molecule has 38 heavy (non-hydrogen) atoms. The molecule has 0 saturated heterocycles. The van der Waals surface area contributed by atoms with E-state index in [2.05, 4.69) is 5.32 Å². The molecule has 8 heteroatoms. The Morgan fingerprint density at radius 2 is 1.82 bits per heavy atom. The lowest BCUT2D eigenvalue weighted by molar-refractivity contribution is -0.117. The minimum atomic E-state index is -0.459. The van der Waals surface area contributed by atoms with Crippen LogP contribution in [0.25, 0.3) is 23.0 Å². The van der Waals surface area contributed by atoms with Crippen LogP contribution < -0.4 is 10.1 Å². The van der Waals surface area contributed by atoms with E-state index < -0.39 is 5.91 Å². The Morgan fingerprint density at radius 1 is 1.08 bits per heavy atom. The van der Waals surface area contributed by atoms with Gasteiger partial charge in [-0.3, -0.25) is 4.79 Å². The zero-order chi connectivity index (χ0) is 26.7. The van der Waals surface area contributed by atoms with Crippen molar-refractivity contribution in [2.75, 3.05) is 20.3 Å². The van der Waals surface area contributed by atoms with Crippen molar-refractivity contribution in [1.82, 2.24) is 15.1 Å². The Bertz CT molecular complexity index is 1440. The van der Waals surface area contributed by atoms with Crippen LogP contribution >= 0.6 is 0 Å². The van der Waals surface area contributed by atoms with Crippen molar-refractivity contribution in [3.05, 3.63) is 108 Å². The minimum Gasteiger partial charge on any atom is -0.489 e. The summed E-state index contributed by atoms with van der Waals surface area (Å²) < 4.78 is 26.4. The van der Waals surface area contributed by atoms with Crippen LogP contribution in [-0.2, 0) is 16.1 Å². The van der Waals surface area contributed by atoms with Crippen molar-refractivity contribution < 1.29 is 18.7 Å². The number of aromatic nitrogens is 2. The quantitative estimate of drug-likeness (QED) is 0.168. The summed E-state index contributed by atoms with van der Waals surface area (Å²) in [5.74, 6) is -0.202. The van der Waals surface area contributed by atoms with Crippen LogP contribution in [0.5, 0.6) is 5.75 Å². The van der Waals surface area contributed by atoms with E-state index in [1.165, 1.54) is 12.1 Å². The molecule has 0 spiro atoms. The molecule has 0 atom stereocenters. The lowest BCUT2D eigenvalue weighted by atomic mass is 10.1. The maximum Gasteiger partial charge on any atom is 0.261 e. The molecule has 192 valence electrons. The van der Waals surface area contributed by atoms with Crippen LogP contribution in [0, 0.1) is 17.1 Å². The third-order valence-electron chi connectivity index (χ3n) is 5.72. The molecule has 7 nitrogen and oxygen atoms in total. The molecule has 4 aromatic rings. The molecule has 0 bridgehead atoms. The first-order valence-electron chi connectivity index (χ1n) is 12.1. The Hall–Kier alpha value is -4.74. The third kappa shape index (κ3) is 6.72. The number of rotatable bonds is 11. The van der Waals surface area contributed by atoms with Crippen molar-refractivity contribution in [2.24, 2.45) is 0 Å². The smallest absolute Gasteiger partial charge is 0.261 e. The van der Waals surface area contributed by atoms with E-state index in [1.807, 2.05) is 48.5 Å². The molecule has 1 aromatic heterocycles. The summed E-state index contributed by atoms with van der Waals surface area (Å²) in [5, 5.41) is 17.2. The van der Waals surface area contributed by atoms with Gasteiger partial charge in [-0.2, -0.15) is 10.4 Å². The van der Waals surface area contributed by atoms with E-state index in [1.54, 1.807) is 48.3 Å². The SMILES string of the molecule is COCCCNC(=O)C(C#N)=Cc1cn(-c2ccccc2)nc1-c1ccc(OCc2ccccc2F)cc1. The fraction of sp³-hybridized carbons (Fsp3) is 0.167. The van der Waals surface area contributed by atoms with Gasteiger partial charge in [-0.1, -0.05) is 36.4 Å². The summed E-state index contributed by atoms with van der Waals surface area (Å²) in [4.78, 5) is 12.6. The molecule has 0 aliphatic heterocycles. The molecule has 1 N–H and O–H groups in total. The van der Waals surface area contributed by atoms with E-state index in [-0.39, 0.29) is 18.0 Å². The van der Waals surface area contributed by atoms with Crippen molar-refractivity contribution >= 4 is 12.0 Å². The number of para-hydroxylation sites is 1. The monoisotopic (exact) mass is 510 g/mol. The van der Waals surface area contributed by atoms with E-state index >= 15 is 0 Å². The number of hydrogen-bond acceptors (Lipinski definition) is 5. The van der Waals surface area contributed by atoms with Crippen LogP contribution in [0.15, 0.2) is 90.6 Å². The average Bonchev–Trinajstić information content (AvgIpc) is 3.38. The summed E-state index contributed by atoms with van der Waals surface area (Å²) in [6.07, 6.45) is 3.96. The van der Waals surface area contributed by atoms with Gasteiger partial charge in [0.25, 0.3) is 5.91 Å². The molecule has 0 fully saturated rings. The number of nitrogens with one attached hydrogen (secondary N) is 1. The highest BCUT2D eigenvalue weighted by atomic mass is 19.1. The number of nitriles is 1. The maximum absolute atomic E-state index is 13.9. The number of nitrogens with zero attached hydrogens (tertiary/aromatic N) is 3. The predicted molar refractivity (Wildman–Crippen MR) is 143 cm³/mol. The van der Waals surface area contributed by atoms with Crippen molar-refractivity contribution in [3.8, 4) is 28.8 Å². The number of halogens is 1. The van der Waals surface area contributed by atoms with Gasteiger partial charge >= 0.3 is 0 Å². The zero-order valence-corrected chi connectivity index (χ0v) is 20.9. The fourth-order valence-corrected chi connectivity index (χ4v) is 3.73. The topological polar surface area (TPSA) is 89.2 Å². The Kier molecular flexibility index (Phi) is 9.00. The molecule has 4 rings (SSSR count). The first-order valence-corrected chi connectivity index (χ1v) is 12.1. The summed E-state index contributed by atoms with van der Waals surface area (Å²) in [6, 6.07) is 25.2. The molecule has 1 amide bonds. The number of amides is 1. The number of carbonyl (C=O) groups is 1. The van der Waals surface area contributed by atoms with Gasteiger partial charge in [-0.15, -0.1) is 0 Å². The Labute approximate surface area is 220 Å². The second kappa shape index (κ2) is 13.0. The maximum atomic E-state index is 13.9. The fourth-order valence-electron chi connectivity index (χ4n) is 3.73. The van der Waals surface area contributed by atoms with E-state index in [0.29, 0.717) is 42.1 Å². The molecule has 1 heterocycles. The van der Waals surface area contributed by atoms with Crippen LogP contribution in [0.4, 0.5) is 4.39 Å². The summed E-state index contributed by atoms with van der Waals surface area (Å²) in [7, 11) is 1.59. The molecule has 0 unspecified atom stereocenters. The van der Waals surface area contributed by atoms with Crippen molar-refractivity contribution in [3.63, 3.8) is 0 Å². The molecular weight excluding hydrogens is 483 g/mol. The standard InChI is InChI=1S/C30H27FN4O3/c1-37-17-7-16-33-30(36)24(19-32)18-25-20-35(26-9-3-2-4-10-26)34-29(25)22-12-14-27(15-13-22)38-21-23-8-5-6-11-28(23)31/h2-6,8-15,18,20H,7,16-17,21H2,1H3,(H,33,36). The third-order valence-corrected chi connectivity index (χ3v) is 5.72. The van der Waals surface area contributed by atoms with Crippen LogP contribution in [0.3, 0.4) is 0 Å². The summed E-state index contributed by atoms with van der Waals surface area (Å²) in [5.41, 5.74) is 3.24. The first kappa shape index (κ1) is 26.3. The lowest BCUT2D eigenvalue weighted by Crippen LogP contribution is -2.26.